The van der Waals surface area contributed by atoms with E-state index in [1.54, 1.807) is 6.07 Å². The molecule has 0 aliphatic rings. The van der Waals surface area contributed by atoms with Crippen LogP contribution >= 0.6 is 0 Å². The minimum atomic E-state index is -3.43. The van der Waals surface area contributed by atoms with Crippen molar-refractivity contribution in [3.8, 4) is 0 Å². The zero-order valence-corrected chi connectivity index (χ0v) is 15.3. The minimum absolute atomic E-state index is 0.117. The molecule has 1 N–H and O–H groups in total. The molecule has 5 nitrogen and oxygen atoms in total. The second kappa shape index (κ2) is 8.91. The summed E-state index contributed by atoms with van der Waals surface area (Å²) in [4.78, 5) is 11.9. The lowest BCUT2D eigenvalue weighted by Gasteiger charge is -2.24. The first kappa shape index (κ1) is 19.5. The van der Waals surface area contributed by atoms with Crippen LogP contribution in [-0.2, 0) is 21.2 Å². The van der Waals surface area contributed by atoms with Crippen LogP contribution in [0.15, 0.2) is 24.3 Å². The molecule has 0 saturated carbocycles. The number of sulfonamides is 1. The number of aryl methyl sites for hydroxylation is 1. The van der Waals surface area contributed by atoms with E-state index in [2.05, 4.69) is 19.2 Å². The Bertz CT molecular complexity index is 612. The highest BCUT2D eigenvalue weighted by Crippen LogP contribution is 2.23. The van der Waals surface area contributed by atoms with Crippen molar-refractivity contribution < 1.29 is 13.2 Å². The summed E-state index contributed by atoms with van der Waals surface area (Å²) in [5, 5.41) is 2.84. The van der Waals surface area contributed by atoms with E-state index in [0.717, 1.165) is 18.4 Å². The Morgan fingerprint density at radius 1 is 1.26 bits per heavy atom. The van der Waals surface area contributed by atoms with Gasteiger partial charge in [0.2, 0.25) is 15.9 Å². The lowest BCUT2D eigenvalue weighted by atomic mass is 10.1. The van der Waals surface area contributed by atoms with E-state index >= 15 is 0 Å². The standard InChI is InChI=1S/C17H28N2O3S/c1-5-15-8-6-7-9-16(15)19(23(4,21)22)13-11-17(20)18-12-10-14(2)3/h6-9,14H,5,10-13H2,1-4H3,(H,18,20). The monoisotopic (exact) mass is 340 g/mol. The molecule has 0 bridgehead atoms. The topological polar surface area (TPSA) is 66.5 Å². The predicted octanol–water partition coefficient (Wildman–Crippen LogP) is 2.57. The number of benzene rings is 1. The molecule has 1 aromatic rings. The maximum atomic E-state index is 12.1. The van der Waals surface area contributed by atoms with Gasteiger partial charge in [-0.2, -0.15) is 0 Å². The average Bonchev–Trinajstić information content (AvgIpc) is 2.46. The number of carbonyl (C=O) groups is 1. The third kappa shape index (κ3) is 6.60. The molecule has 0 fully saturated rings. The molecule has 0 aromatic heterocycles. The molecule has 0 unspecified atom stereocenters. The minimum Gasteiger partial charge on any atom is -0.356 e. The van der Waals surface area contributed by atoms with Crippen molar-refractivity contribution in [2.24, 2.45) is 5.92 Å². The molecule has 0 radical (unpaired) electrons. The highest BCUT2D eigenvalue weighted by atomic mass is 32.2. The SMILES string of the molecule is CCc1ccccc1N(CCC(=O)NCCC(C)C)S(C)(=O)=O. The highest BCUT2D eigenvalue weighted by molar-refractivity contribution is 7.92. The molecule has 0 aliphatic heterocycles. The Morgan fingerprint density at radius 2 is 1.91 bits per heavy atom. The summed E-state index contributed by atoms with van der Waals surface area (Å²) in [7, 11) is -3.43. The van der Waals surface area contributed by atoms with Crippen molar-refractivity contribution in [2.75, 3.05) is 23.7 Å². The number of hydrogen-bond acceptors (Lipinski definition) is 3. The van der Waals surface area contributed by atoms with Crippen LogP contribution in [0.25, 0.3) is 0 Å². The third-order valence-corrected chi connectivity index (χ3v) is 4.81. The fraction of sp³-hybridized carbons (Fsp3) is 0.588. The van der Waals surface area contributed by atoms with Crippen LogP contribution in [0.1, 0.15) is 39.2 Å². The molecule has 0 aliphatic carbocycles. The second-order valence-electron chi connectivity index (χ2n) is 6.10. The summed E-state index contributed by atoms with van der Waals surface area (Å²) < 4.78 is 25.5. The van der Waals surface area contributed by atoms with Crippen LogP contribution in [0.2, 0.25) is 0 Å². The molecule has 0 atom stereocenters. The summed E-state index contributed by atoms with van der Waals surface area (Å²) in [6.07, 6.45) is 2.99. The fourth-order valence-corrected chi connectivity index (χ4v) is 3.27. The van der Waals surface area contributed by atoms with Gasteiger partial charge in [-0.15, -0.1) is 0 Å². The number of para-hydroxylation sites is 1. The number of hydrogen-bond donors (Lipinski definition) is 1. The zero-order chi connectivity index (χ0) is 17.5. The molecule has 0 saturated heterocycles. The normalized spacial score (nSPS) is 11.5. The summed E-state index contributed by atoms with van der Waals surface area (Å²) in [5.74, 6) is 0.410. The van der Waals surface area contributed by atoms with Crippen molar-refractivity contribution in [3.63, 3.8) is 0 Å². The largest absolute Gasteiger partial charge is 0.356 e. The smallest absolute Gasteiger partial charge is 0.232 e. The van der Waals surface area contributed by atoms with E-state index in [-0.39, 0.29) is 18.9 Å². The first-order valence-corrected chi connectivity index (χ1v) is 9.92. The lowest BCUT2D eigenvalue weighted by molar-refractivity contribution is -0.120. The number of amides is 1. The third-order valence-electron chi connectivity index (χ3n) is 3.63. The summed E-state index contributed by atoms with van der Waals surface area (Å²) in [6, 6.07) is 7.41. The quantitative estimate of drug-likeness (QED) is 0.751. The fourth-order valence-electron chi connectivity index (χ4n) is 2.31. The Morgan fingerprint density at radius 3 is 2.48 bits per heavy atom. The number of anilines is 1. The van der Waals surface area contributed by atoms with Crippen molar-refractivity contribution in [2.45, 2.75) is 40.0 Å². The van der Waals surface area contributed by atoms with Gasteiger partial charge in [0.15, 0.2) is 0 Å². The first-order chi connectivity index (χ1) is 10.8. The van der Waals surface area contributed by atoms with Crippen molar-refractivity contribution in [1.29, 1.82) is 0 Å². The van der Waals surface area contributed by atoms with Crippen molar-refractivity contribution >= 4 is 21.6 Å². The van der Waals surface area contributed by atoms with E-state index in [9.17, 15) is 13.2 Å². The van der Waals surface area contributed by atoms with Gasteiger partial charge in [-0.05, 0) is 30.4 Å². The number of nitrogens with zero attached hydrogens (tertiary/aromatic N) is 1. The Hall–Kier alpha value is -1.56. The van der Waals surface area contributed by atoms with Crippen LogP contribution in [-0.4, -0.2) is 33.7 Å². The Balaban J connectivity index is 2.76. The number of rotatable bonds is 9. The molecule has 0 spiro atoms. The van der Waals surface area contributed by atoms with Gasteiger partial charge < -0.3 is 5.32 Å². The van der Waals surface area contributed by atoms with Crippen LogP contribution in [0.4, 0.5) is 5.69 Å². The van der Waals surface area contributed by atoms with Crippen LogP contribution in [0.3, 0.4) is 0 Å². The predicted molar refractivity (Wildman–Crippen MR) is 95.1 cm³/mol. The molecule has 6 heteroatoms. The summed E-state index contributed by atoms with van der Waals surface area (Å²) in [6.45, 7) is 6.96. The van der Waals surface area contributed by atoms with E-state index in [1.165, 1.54) is 10.6 Å². The molecule has 130 valence electrons. The van der Waals surface area contributed by atoms with Crippen LogP contribution < -0.4 is 9.62 Å². The van der Waals surface area contributed by atoms with Gasteiger partial charge in [0, 0.05) is 19.5 Å². The summed E-state index contributed by atoms with van der Waals surface area (Å²) >= 11 is 0. The summed E-state index contributed by atoms with van der Waals surface area (Å²) in [5.41, 5.74) is 1.62. The first-order valence-electron chi connectivity index (χ1n) is 8.08. The highest BCUT2D eigenvalue weighted by Gasteiger charge is 2.20. The number of nitrogens with one attached hydrogen (secondary N) is 1. The van der Waals surface area contributed by atoms with Gasteiger partial charge in [-0.3, -0.25) is 9.10 Å². The van der Waals surface area contributed by atoms with Crippen molar-refractivity contribution in [3.05, 3.63) is 29.8 Å². The zero-order valence-electron chi connectivity index (χ0n) is 14.5. The molecule has 0 heterocycles. The van der Waals surface area contributed by atoms with Gasteiger partial charge in [0.1, 0.15) is 0 Å². The molecular weight excluding hydrogens is 312 g/mol. The molecule has 1 rings (SSSR count). The van der Waals surface area contributed by atoms with E-state index in [4.69, 9.17) is 0 Å². The second-order valence-corrected chi connectivity index (χ2v) is 8.01. The molecule has 23 heavy (non-hydrogen) atoms. The van der Waals surface area contributed by atoms with E-state index < -0.39 is 10.0 Å². The van der Waals surface area contributed by atoms with E-state index in [0.29, 0.717) is 18.2 Å². The maximum Gasteiger partial charge on any atom is 0.232 e. The molecule has 1 aromatic carbocycles. The maximum absolute atomic E-state index is 12.1. The van der Waals surface area contributed by atoms with E-state index in [1.807, 2.05) is 25.1 Å². The van der Waals surface area contributed by atoms with Crippen LogP contribution in [0.5, 0.6) is 0 Å². The average molecular weight is 340 g/mol. The Labute approximate surface area is 140 Å². The van der Waals surface area contributed by atoms with Gasteiger partial charge in [0.25, 0.3) is 0 Å². The van der Waals surface area contributed by atoms with Crippen LogP contribution in [0, 0.1) is 5.92 Å². The number of carbonyl (C=O) groups excluding carboxylic acids is 1. The van der Waals surface area contributed by atoms with Gasteiger partial charge in [-0.25, -0.2) is 8.42 Å². The molecule has 1 amide bonds. The molecular formula is C17H28N2O3S. The van der Waals surface area contributed by atoms with Gasteiger partial charge in [-0.1, -0.05) is 39.0 Å². The lowest BCUT2D eigenvalue weighted by Crippen LogP contribution is -2.35. The van der Waals surface area contributed by atoms with Gasteiger partial charge >= 0.3 is 0 Å². The van der Waals surface area contributed by atoms with Crippen molar-refractivity contribution in [1.82, 2.24) is 5.32 Å². The Kier molecular flexibility index (Phi) is 7.55. The van der Waals surface area contributed by atoms with Gasteiger partial charge in [0.05, 0.1) is 11.9 Å².